The highest BCUT2D eigenvalue weighted by Crippen LogP contribution is 2.19. The molecule has 0 saturated heterocycles. The first-order chi connectivity index (χ1) is 7.17. The highest BCUT2D eigenvalue weighted by molar-refractivity contribution is 5.32. The average molecular weight is 210 g/mol. The van der Waals surface area contributed by atoms with E-state index in [1.54, 1.807) is 0 Å². The van der Waals surface area contributed by atoms with Gasteiger partial charge in [-0.1, -0.05) is 0 Å². The molecule has 15 heavy (non-hydrogen) atoms. The molecule has 0 aliphatic heterocycles. The van der Waals surface area contributed by atoms with Crippen LogP contribution in [0.2, 0.25) is 0 Å². The molecule has 0 saturated carbocycles. The Morgan fingerprint density at radius 1 is 1.47 bits per heavy atom. The van der Waals surface area contributed by atoms with Crippen LogP contribution in [0.1, 0.15) is 11.6 Å². The first kappa shape index (κ1) is 11.4. The molecule has 0 amide bonds. The van der Waals surface area contributed by atoms with Crippen LogP contribution in [-0.2, 0) is 0 Å². The standard InChI is InChI=1S/C10H11FN2O2/c11-8-3-7(4-9(15)5-8)10(6-12)13-1-2-14/h3-5,10,13-15H,1-2H2. The predicted octanol–water partition coefficient (Wildman–Crippen LogP) is 0.678. The number of nitrogens with one attached hydrogen (secondary N) is 1. The van der Waals surface area contributed by atoms with Gasteiger partial charge in [-0.2, -0.15) is 5.26 Å². The van der Waals surface area contributed by atoms with E-state index >= 15 is 0 Å². The van der Waals surface area contributed by atoms with Crippen molar-refractivity contribution in [2.45, 2.75) is 6.04 Å². The molecule has 1 unspecified atom stereocenters. The first-order valence-corrected chi connectivity index (χ1v) is 4.40. The normalized spacial score (nSPS) is 12.1. The van der Waals surface area contributed by atoms with Crippen molar-refractivity contribution in [3.05, 3.63) is 29.6 Å². The van der Waals surface area contributed by atoms with Crippen LogP contribution in [0.5, 0.6) is 5.75 Å². The number of aliphatic hydroxyl groups is 1. The zero-order valence-electron chi connectivity index (χ0n) is 7.94. The van der Waals surface area contributed by atoms with Crippen LogP contribution in [-0.4, -0.2) is 23.4 Å². The maximum absolute atomic E-state index is 12.9. The van der Waals surface area contributed by atoms with Gasteiger partial charge < -0.3 is 10.2 Å². The van der Waals surface area contributed by atoms with Gasteiger partial charge in [0.15, 0.2) is 0 Å². The molecule has 3 N–H and O–H groups in total. The van der Waals surface area contributed by atoms with Crippen LogP contribution in [0.4, 0.5) is 4.39 Å². The van der Waals surface area contributed by atoms with E-state index in [4.69, 9.17) is 15.5 Å². The molecular weight excluding hydrogens is 199 g/mol. The third kappa shape index (κ3) is 3.20. The summed E-state index contributed by atoms with van der Waals surface area (Å²) >= 11 is 0. The number of hydrogen-bond acceptors (Lipinski definition) is 4. The summed E-state index contributed by atoms with van der Waals surface area (Å²) in [4.78, 5) is 0. The molecule has 0 aliphatic carbocycles. The van der Waals surface area contributed by atoms with Gasteiger partial charge in [-0.05, 0) is 17.7 Å². The molecule has 0 aromatic heterocycles. The van der Waals surface area contributed by atoms with Gasteiger partial charge in [-0.15, -0.1) is 0 Å². The van der Waals surface area contributed by atoms with Crippen molar-refractivity contribution in [3.8, 4) is 11.8 Å². The van der Waals surface area contributed by atoms with Gasteiger partial charge in [-0.3, -0.25) is 5.32 Å². The maximum Gasteiger partial charge on any atom is 0.127 e. The second-order valence-electron chi connectivity index (χ2n) is 2.98. The van der Waals surface area contributed by atoms with E-state index in [1.165, 1.54) is 6.07 Å². The first-order valence-electron chi connectivity index (χ1n) is 4.40. The van der Waals surface area contributed by atoms with Crippen molar-refractivity contribution in [2.24, 2.45) is 0 Å². The fourth-order valence-corrected chi connectivity index (χ4v) is 1.21. The van der Waals surface area contributed by atoms with Crippen molar-refractivity contribution in [1.82, 2.24) is 5.32 Å². The molecule has 0 spiro atoms. The number of hydrogen-bond donors (Lipinski definition) is 3. The fraction of sp³-hybridized carbons (Fsp3) is 0.300. The van der Waals surface area contributed by atoms with E-state index in [2.05, 4.69) is 5.32 Å². The van der Waals surface area contributed by atoms with Crippen LogP contribution in [0.25, 0.3) is 0 Å². The minimum atomic E-state index is -0.737. The lowest BCUT2D eigenvalue weighted by Crippen LogP contribution is -2.23. The molecular formula is C10H11FN2O2. The van der Waals surface area contributed by atoms with Crippen LogP contribution >= 0.6 is 0 Å². The number of aliphatic hydroxyl groups excluding tert-OH is 1. The largest absolute Gasteiger partial charge is 0.508 e. The number of rotatable bonds is 4. The average Bonchev–Trinajstić information content (AvgIpc) is 2.17. The van der Waals surface area contributed by atoms with E-state index < -0.39 is 11.9 Å². The number of nitrogens with zero attached hydrogens (tertiary/aromatic N) is 1. The minimum Gasteiger partial charge on any atom is -0.508 e. The predicted molar refractivity (Wildman–Crippen MR) is 51.5 cm³/mol. The number of phenols is 1. The quantitative estimate of drug-likeness (QED) is 0.683. The topological polar surface area (TPSA) is 76.3 Å². The third-order valence-electron chi connectivity index (χ3n) is 1.83. The van der Waals surface area contributed by atoms with Crippen LogP contribution in [0.15, 0.2) is 18.2 Å². The van der Waals surface area contributed by atoms with Crippen molar-refractivity contribution >= 4 is 0 Å². The number of phenolic OH excluding ortho intramolecular Hbond substituents is 1. The Bertz CT molecular complexity index is 356. The summed E-state index contributed by atoms with van der Waals surface area (Å²) in [7, 11) is 0. The lowest BCUT2D eigenvalue weighted by Gasteiger charge is -2.11. The van der Waals surface area contributed by atoms with E-state index in [0.29, 0.717) is 5.56 Å². The highest BCUT2D eigenvalue weighted by Gasteiger charge is 2.11. The van der Waals surface area contributed by atoms with Gasteiger partial charge >= 0.3 is 0 Å². The summed E-state index contributed by atoms with van der Waals surface area (Å²) in [6, 6.07) is 4.60. The molecule has 0 radical (unpaired) electrons. The van der Waals surface area contributed by atoms with Gasteiger partial charge in [0.1, 0.15) is 17.6 Å². The molecule has 5 heteroatoms. The number of benzene rings is 1. The molecule has 0 fully saturated rings. The van der Waals surface area contributed by atoms with Crippen molar-refractivity contribution in [3.63, 3.8) is 0 Å². The van der Waals surface area contributed by atoms with Crippen LogP contribution in [0.3, 0.4) is 0 Å². The van der Waals surface area contributed by atoms with Gasteiger partial charge in [0.2, 0.25) is 0 Å². The Labute approximate surface area is 86.6 Å². The Morgan fingerprint density at radius 2 is 2.20 bits per heavy atom. The zero-order valence-corrected chi connectivity index (χ0v) is 7.94. The van der Waals surface area contributed by atoms with Crippen molar-refractivity contribution < 1.29 is 14.6 Å². The van der Waals surface area contributed by atoms with E-state index in [-0.39, 0.29) is 18.9 Å². The summed E-state index contributed by atoms with van der Waals surface area (Å²) in [6.45, 7) is 0.120. The summed E-state index contributed by atoms with van der Waals surface area (Å²) in [6.07, 6.45) is 0. The summed E-state index contributed by atoms with van der Waals surface area (Å²) in [5.41, 5.74) is 0.337. The molecule has 1 aromatic carbocycles. The zero-order chi connectivity index (χ0) is 11.3. The Kier molecular flexibility index (Phi) is 4.03. The lowest BCUT2D eigenvalue weighted by atomic mass is 10.1. The molecule has 80 valence electrons. The van der Waals surface area contributed by atoms with Crippen LogP contribution in [0, 0.1) is 17.1 Å². The molecule has 0 aliphatic rings. The maximum atomic E-state index is 12.9. The Morgan fingerprint density at radius 3 is 2.73 bits per heavy atom. The Balaban J connectivity index is 2.87. The SMILES string of the molecule is N#CC(NCCO)c1cc(O)cc(F)c1. The second-order valence-corrected chi connectivity index (χ2v) is 2.98. The lowest BCUT2D eigenvalue weighted by molar-refractivity contribution is 0.289. The fourth-order valence-electron chi connectivity index (χ4n) is 1.21. The molecule has 4 nitrogen and oxygen atoms in total. The van der Waals surface area contributed by atoms with E-state index in [9.17, 15) is 4.39 Å². The molecule has 1 aromatic rings. The van der Waals surface area contributed by atoms with Gasteiger partial charge in [0.05, 0.1) is 12.7 Å². The van der Waals surface area contributed by atoms with Crippen LogP contribution < -0.4 is 5.32 Å². The van der Waals surface area contributed by atoms with E-state index in [0.717, 1.165) is 12.1 Å². The van der Waals surface area contributed by atoms with E-state index in [1.807, 2.05) is 6.07 Å². The Hall–Kier alpha value is -1.64. The summed E-state index contributed by atoms with van der Waals surface area (Å²) < 4.78 is 12.9. The number of nitriles is 1. The molecule has 0 heterocycles. The monoisotopic (exact) mass is 210 g/mol. The molecule has 1 atom stereocenters. The third-order valence-corrected chi connectivity index (χ3v) is 1.83. The highest BCUT2D eigenvalue weighted by atomic mass is 19.1. The van der Waals surface area contributed by atoms with Gasteiger partial charge in [0.25, 0.3) is 0 Å². The minimum absolute atomic E-state index is 0.112. The van der Waals surface area contributed by atoms with Crippen molar-refractivity contribution in [1.29, 1.82) is 5.26 Å². The smallest absolute Gasteiger partial charge is 0.127 e. The molecule has 0 bridgehead atoms. The van der Waals surface area contributed by atoms with Gasteiger partial charge in [0, 0.05) is 12.6 Å². The summed E-state index contributed by atoms with van der Waals surface area (Å²) in [5.74, 6) is -0.827. The number of halogens is 1. The van der Waals surface area contributed by atoms with Crippen molar-refractivity contribution in [2.75, 3.05) is 13.2 Å². The second kappa shape index (κ2) is 5.29. The van der Waals surface area contributed by atoms with Gasteiger partial charge in [-0.25, -0.2) is 4.39 Å². The number of aromatic hydroxyl groups is 1. The molecule has 1 rings (SSSR count). The summed E-state index contributed by atoms with van der Waals surface area (Å²) in [5, 5.41) is 29.2.